The van der Waals surface area contributed by atoms with Crippen LogP contribution in [0.5, 0.6) is 0 Å². The molecule has 12 nitrogen and oxygen atoms in total. The maximum Gasteiger partial charge on any atom is 0.318 e. The number of ketones is 1. The lowest BCUT2D eigenvalue weighted by Gasteiger charge is -2.55. The lowest BCUT2D eigenvalue weighted by atomic mass is 9.70. The Morgan fingerprint density at radius 3 is 2.24 bits per heavy atom. The number of carboxylic acids is 1. The highest BCUT2D eigenvalue weighted by atomic mass is 16.8. The highest BCUT2D eigenvalue weighted by Gasteiger charge is 2.63. The van der Waals surface area contributed by atoms with Crippen molar-refractivity contribution >= 4 is 17.8 Å². The minimum Gasteiger partial charge on any atom is -0.481 e. The molecule has 6 rings (SSSR count). The van der Waals surface area contributed by atoms with Gasteiger partial charge in [-0.25, -0.2) is 4.79 Å². The van der Waals surface area contributed by atoms with Gasteiger partial charge in [-0.05, 0) is 114 Å². The summed E-state index contributed by atoms with van der Waals surface area (Å²) in [6.07, 6.45) is 10.0. The highest BCUT2D eigenvalue weighted by Crippen LogP contribution is 2.54. The average molecular weight is 831 g/mol. The Morgan fingerprint density at radius 2 is 1.59 bits per heavy atom. The molecule has 0 bridgehead atoms. The van der Waals surface area contributed by atoms with Gasteiger partial charge in [-0.3, -0.25) is 9.59 Å². The van der Waals surface area contributed by atoms with E-state index in [1.54, 1.807) is 0 Å². The fourth-order valence-electron chi connectivity index (χ4n) is 11.4. The van der Waals surface area contributed by atoms with Crippen LogP contribution in [0.25, 0.3) is 0 Å². The molecule has 2 spiro atoms. The predicted molar refractivity (Wildman–Crippen MR) is 224 cm³/mol. The standard InChI is InChI=1S/C47H78N2O10/c1-12-35(40(53)28(2)25-31(5)45(11)30(4)13-14-34(56-45)27-39(51)52)41-29(3)26-32(6)46(57-41)18-17-37(48-42(54)49-23-21-43(8,9)22-24-49)47(59-46)20-19-44(10,58-47)38-16-15-36(50)33(7)55-38/h17-18,28-38,41,50H,12-16,19-27H2,1-11H3,(H,48,54)(H,51,52)/t28-,29-,30-,31-,32+,33-,34+,35?,36+,37+,38+,41-,44-,45+,46-,47-/m0/s1. The molecule has 12 heteroatoms. The molecule has 5 saturated heterocycles. The molecule has 0 aliphatic carbocycles. The molecule has 16 atom stereocenters. The van der Waals surface area contributed by atoms with Crippen molar-refractivity contribution in [2.45, 2.75) is 213 Å². The van der Waals surface area contributed by atoms with E-state index in [0.717, 1.165) is 32.1 Å². The number of urea groups is 1. The van der Waals surface area contributed by atoms with Gasteiger partial charge in [0.25, 0.3) is 0 Å². The van der Waals surface area contributed by atoms with Crippen LogP contribution in [-0.2, 0) is 33.3 Å². The Kier molecular flexibility index (Phi) is 13.8. The van der Waals surface area contributed by atoms with Crippen LogP contribution >= 0.6 is 0 Å². The largest absolute Gasteiger partial charge is 0.481 e. The summed E-state index contributed by atoms with van der Waals surface area (Å²) in [5.74, 6) is -3.51. The highest BCUT2D eigenvalue weighted by molar-refractivity contribution is 5.83. The Bertz CT molecular complexity index is 1550. The second-order valence-corrected chi connectivity index (χ2v) is 21.1. The molecule has 336 valence electrons. The van der Waals surface area contributed by atoms with Crippen LogP contribution in [0.15, 0.2) is 12.2 Å². The molecule has 6 heterocycles. The van der Waals surface area contributed by atoms with Gasteiger partial charge in [0.15, 0.2) is 11.6 Å². The third kappa shape index (κ3) is 9.48. The van der Waals surface area contributed by atoms with E-state index in [9.17, 15) is 24.6 Å². The number of carbonyl (C=O) groups is 3. The summed E-state index contributed by atoms with van der Waals surface area (Å²) in [5, 5.41) is 23.3. The number of carboxylic acid groups (broad SMARTS) is 1. The number of hydrogen-bond acceptors (Lipinski definition) is 9. The van der Waals surface area contributed by atoms with Crippen LogP contribution in [0.2, 0.25) is 0 Å². The van der Waals surface area contributed by atoms with Gasteiger partial charge in [-0.15, -0.1) is 0 Å². The van der Waals surface area contributed by atoms with E-state index in [2.05, 4.69) is 67.6 Å². The van der Waals surface area contributed by atoms with E-state index in [0.29, 0.717) is 51.6 Å². The van der Waals surface area contributed by atoms with Gasteiger partial charge in [0.1, 0.15) is 11.8 Å². The van der Waals surface area contributed by atoms with Gasteiger partial charge in [0, 0.05) is 37.3 Å². The molecule has 5 fully saturated rings. The normalized spacial score (nSPS) is 43.9. The van der Waals surface area contributed by atoms with Crippen LogP contribution in [0, 0.1) is 40.9 Å². The fourth-order valence-corrected chi connectivity index (χ4v) is 11.4. The van der Waals surface area contributed by atoms with Crippen molar-refractivity contribution in [1.82, 2.24) is 10.2 Å². The smallest absolute Gasteiger partial charge is 0.318 e. The first kappa shape index (κ1) is 46.4. The van der Waals surface area contributed by atoms with Gasteiger partial charge < -0.3 is 44.1 Å². The van der Waals surface area contributed by atoms with Crippen molar-refractivity contribution in [3.8, 4) is 0 Å². The Morgan fingerprint density at radius 1 is 0.898 bits per heavy atom. The number of nitrogens with zero attached hydrogens (tertiary/aromatic N) is 1. The third-order valence-corrected chi connectivity index (χ3v) is 16.1. The number of hydrogen-bond donors (Lipinski definition) is 3. The molecule has 0 radical (unpaired) electrons. The number of carbonyl (C=O) groups excluding carboxylic acids is 2. The third-order valence-electron chi connectivity index (χ3n) is 16.1. The second-order valence-electron chi connectivity index (χ2n) is 21.1. The second kappa shape index (κ2) is 17.6. The quantitative estimate of drug-likeness (QED) is 0.175. The summed E-state index contributed by atoms with van der Waals surface area (Å²) in [6.45, 7) is 24.6. The van der Waals surface area contributed by atoms with E-state index >= 15 is 0 Å². The van der Waals surface area contributed by atoms with Gasteiger partial charge in [-0.1, -0.05) is 61.5 Å². The van der Waals surface area contributed by atoms with Crippen molar-refractivity contribution in [2.75, 3.05) is 13.1 Å². The molecule has 2 amide bonds. The maximum atomic E-state index is 14.6. The van der Waals surface area contributed by atoms with Gasteiger partial charge in [0.2, 0.25) is 0 Å². The topological polar surface area (TPSA) is 153 Å². The van der Waals surface area contributed by atoms with E-state index in [1.165, 1.54) is 0 Å². The SMILES string of the molecule is CCC(C(=O)[C@@H](C)C[C@H](C)[C@]1(C)O[C@@H](CC(=O)O)CC[C@@H]1C)[C@H]1O[C@]2(C=C[C@@H](NC(=O)N3CCC(C)(C)CC3)[C@]3(CC[C@@](C)([C@H]4CC[C@@H](O)[C@H](C)O4)O3)O2)[C@H](C)C[C@@H]1C. The van der Waals surface area contributed by atoms with Crippen LogP contribution < -0.4 is 5.32 Å². The van der Waals surface area contributed by atoms with Crippen LogP contribution in [0.3, 0.4) is 0 Å². The van der Waals surface area contributed by atoms with Gasteiger partial charge >= 0.3 is 12.0 Å². The van der Waals surface area contributed by atoms with E-state index in [4.69, 9.17) is 23.7 Å². The number of rotatable bonds is 11. The number of Topliss-reactive ketones (excluding diaryl/α,β-unsaturated/α-hetero) is 1. The van der Waals surface area contributed by atoms with Crippen molar-refractivity contribution in [2.24, 2.45) is 40.9 Å². The maximum absolute atomic E-state index is 14.6. The van der Waals surface area contributed by atoms with Crippen molar-refractivity contribution in [3.63, 3.8) is 0 Å². The fraction of sp³-hybridized carbons (Fsp3) is 0.894. The molecule has 6 aliphatic heterocycles. The number of piperidine rings is 1. The summed E-state index contributed by atoms with van der Waals surface area (Å²) in [6, 6.07) is -0.733. The lowest BCUT2D eigenvalue weighted by molar-refractivity contribution is -0.397. The first-order valence-electron chi connectivity index (χ1n) is 23.2. The van der Waals surface area contributed by atoms with Crippen LogP contribution in [0.1, 0.15) is 153 Å². The number of aliphatic hydroxyl groups is 1. The number of amides is 2. The van der Waals surface area contributed by atoms with Crippen molar-refractivity contribution < 1.29 is 48.3 Å². The number of likely N-dealkylation sites (tertiary alicyclic amines) is 1. The Balaban J connectivity index is 1.23. The summed E-state index contributed by atoms with van der Waals surface area (Å²) >= 11 is 0. The summed E-state index contributed by atoms with van der Waals surface area (Å²) in [4.78, 5) is 42.0. The van der Waals surface area contributed by atoms with Crippen LogP contribution in [0.4, 0.5) is 4.79 Å². The molecular weight excluding hydrogens is 753 g/mol. The van der Waals surface area contributed by atoms with E-state index in [-0.39, 0.29) is 77.5 Å². The van der Waals surface area contributed by atoms with Crippen molar-refractivity contribution in [1.29, 1.82) is 0 Å². The molecular formula is C47H78N2O10. The Labute approximate surface area is 354 Å². The van der Waals surface area contributed by atoms with E-state index in [1.807, 2.05) is 30.9 Å². The zero-order valence-corrected chi connectivity index (χ0v) is 38.1. The van der Waals surface area contributed by atoms with Gasteiger partial charge in [0.05, 0.1) is 48.1 Å². The van der Waals surface area contributed by atoms with Gasteiger partial charge in [-0.2, -0.15) is 0 Å². The summed E-state index contributed by atoms with van der Waals surface area (Å²) in [7, 11) is 0. The average Bonchev–Trinajstić information content (AvgIpc) is 3.51. The monoisotopic (exact) mass is 831 g/mol. The summed E-state index contributed by atoms with van der Waals surface area (Å²) in [5.41, 5.74) is -1.07. The zero-order valence-electron chi connectivity index (χ0n) is 38.1. The molecule has 6 aliphatic rings. The lowest BCUT2D eigenvalue weighted by Crippen LogP contribution is -2.66. The molecule has 1 unspecified atom stereocenters. The molecule has 0 aromatic rings. The summed E-state index contributed by atoms with van der Waals surface area (Å²) < 4.78 is 34.7. The number of ether oxygens (including phenoxy) is 5. The van der Waals surface area contributed by atoms with E-state index < -0.39 is 47.0 Å². The van der Waals surface area contributed by atoms with Crippen molar-refractivity contribution in [3.05, 3.63) is 12.2 Å². The zero-order chi connectivity index (χ0) is 43.3. The molecule has 0 saturated carbocycles. The Hall–Kier alpha value is -2.09. The first-order chi connectivity index (χ1) is 27.6. The minimum absolute atomic E-state index is 0.0116. The molecule has 0 aromatic heterocycles. The number of aliphatic carboxylic acids is 1. The first-order valence-corrected chi connectivity index (χ1v) is 23.2. The van der Waals surface area contributed by atoms with Crippen LogP contribution in [-0.4, -0.2) is 105 Å². The number of nitrogens with one attached hydrogen (secondary N) is 1. The number of aliphatic hydroxyl groups excluding tert-OH is 1. The molecule has 0 aromatic carbocycles. The molecule has 59 heavy (non-hydrogen) atoms. The molecule has 3 N–H and O–H groups in total. The predicted octanol–water partition coefficient (Wildman–Crippen LogP) is 8.03. The minimum atomic E-state index is -1.25.